The molecule has 1 unspecified atom stereocenters. The van der Waals surface area contributed by atoms with Gasteiger partial charge in [-0.25, -0.2) is 4.79 Å². The Labute approximate surface area is 134 Å². The molecule has 0 bridgehead atoms. The average molecular weight is 314 g/mol. The van der Waals surface area contributed by atoms with Crippen molar-refractivity contribution in [3.63, 3.8) is 0 Å². The average Bonchev–Trinajstić information content (AvgIpc) is 2.77. The van der Waals surface area contributed by atoms with E-state index in [1.165, 1.54) is 0 Å². The highest BCUT2D eigenvalue weighted by Crippen LogP contribution is 2.30. The third-order valence-electron chi connectivity index (χ3n) is 3.55. The molecule has 0 saturated heterocycles. The van der Waals surface area contributed by atoms with Crippen molar-refractivity contribution in [2.75, 3.05) is 20.3 Å². The smallest absolute Gasteiger partial charge is 0.338 e. The van der Waals surface area contributed by atoms with Crippen molar-refractivity contribution < 1.29 is 23.7 Å². The van der Waals surface area contributed by atoms with Crippen molar-refractivity contribution in [1.29, 1.82) is 0 Å². The molecule has 120 valence electrons. The molecule has 1 aliphatic rings. The highest BCUT2D eigenvalue weighted by Gasteiger charge is 2.22. The van der Waals surface area contributed by atoms with E-state index in [0.29, 0.717) is 22.8 Å². The van der Waals surface area contributed by atoms with Crippen molar-refractivity contribution >= 4 is 5.97 Å². The highest BCUT2D eigenvalue weighted by molar-refractivity contribution is 5.89. The zero-order valence-electron chi connectivity index (χ0n) is 13.1. The number of benzene rings is 2. The van der Waals surface area contributed by atoms with Crippen LogP contribution in [0.2, 0.25) is 0 Å². The van der Waals surface area contributed by atoms with Gasteiger partial charge in [0.05, 0.1) is 12.7 Å². The Hall–Kier alpha value is -2.69. The number of rotatable bonds is 3. The topological polar surface area (TPSA) is 54.0 Å². The van der Waals surface area contributed by atoms with Crippen LogP contribution in [0, 0.1) is 6.92 Å². The van der Waals surface area contributed by atoms with E-state index >= 15 is 0 Å². The SMILES string of the molecule is COc1ccc(C(=O)OC2COc3ccc(C)cc3OC2)cc1. The van der Waals surface area contributed by atoms with Gasteiger partial charge in [0.15, 0.2) is 17.6 Å². The first kappa shape index (κ1) is 15.2. The molecule has 1 atom stereocenters. The van der Waals surface area contributed by atoms with Gasteiger partial charge in [-0.15, -0.1) is 0 Å². The van der Waals surface area contributed by atoms with Gasteiger partial charge in [0.2, 0.25) is 0 Å². The molecule has 2 aromatic rings. The van der Waals surface area contributed by atoms with E-state index in [0.717, 1.165) is 5.56 Å². The number of hydrogen-bond acceptors (Lipinski definition) is 5. The van der Waals surface area contributed by atoms with E-state index in [9.17, 15) is 4.79 Å². The number of carbonyl (C=O) groups is 1. The third kappa shape index (κ3) is 3.56. The van der Waals surface area contributed by atoms with Crippen molar-refractivity contribution in [3.8, 4) is 17.2 Å². The van der Waals surface area contributed by atoms with Crippen molar-refractivity contribution in [3.05, 3.63) is 53.6 Å². The molecular weight excluding hydrogens is 296 g/mol. The van der Waals surface area contributed by atoms with Crippen LogP contribution >= 0.6 is 0 Å². The minimum atomic E-state index is -0.461. The first-order valence-electron chi connectivity index (χ1n) is 7.37. The molecule has 0 spiro atoms. The molecular formula is C18H18O5. The van der Waals surface area contributed by atoms with Crippen molar-refractivity contribution in [1.82, 2.24) is 0 Å². The molecule has 0 fully saturated rings. The Balaban J connectivity index is 1.63. The van der Waals surface area contributed by atoms with Crippen LogP contribution in [-0.4, -0.2) is 32.4 Å². The normalized spacial score (nSPS) is 16.3. The first-order chi connectivity index (χ1) is 11.2. The second-order valence-corrected chi connectivity index (χ2v) is 5.33. The zero-order chi connectivity index (χ0) is 16.2. The van der Waals surface area contributed by atoms with E-state index < -0.39 is 12.1 Å². The summed E-state index contributed by atoms with van der Waals surface area (Å²) in [5.41, 5.74) is 1.55. The Morgan fingerprint density at radius 3 is 2.43 bits per heavy atom. The summed E-state index contributed by atoms with van der Waals surface area (Å²) in [6.07, 6.45) is -0.461. The fourth-order valence-corrected chi connectivity index (χ4v) is 2.28. The van der Waals surface area contributed by atoms with Gasteiger partial charge in [0, 0.05) is 0 Å². The standard InChI is InChI=1S/C18H18O5/c1-12-3-8-16-17(9-12)22-11-15(10-21-16)23-18(19)13-4-6-14(20-2)7-5-13/h3-9,15H,10-11H2,1-2H3. The van der Waals surface area contributed by atoms with Crippen LogP contribution in [0.3, 0.4) is 0 Å². The summed E-state index contributed by atoms with van der Waals surface area (Å²) in [6, 6.07) is 12.5. The van der Waals surface area contributed by atoms with Gasteiger partial charge in [-0.05, 0) is 48.9 Å². The Kier molecular flexibility index (Phi) is 4.37. The zero-order valence-corrected chi connectivity index (χ0v) is 13.1. The summed E-state index contributed by atoms with van der Waals surface area (Å²) in [6.45, 7) is 2.51. The second-order valence-electron chi connectivity index (χ2n) is 5.33. The van der Waals surface area contributed by atoms with E-state index in [1.54, 1.807) is 31.4 Å². The lowest BCUT2D eigenvalue weighted by atomic mass is 10.2. The maximum atomic E-state index is 12.2. The fraction of sp³-hybridized carbons (Fsp3) is 0.278. The summed E-state index contributed by atoms with van der Waals surface area (Å²) >= 11 is 0. The predicted octanol–water partition coefficient (Wildman–Crippen LogP) is 3.00. The van der Waals surface area contributed by atoms with Gasteiger partial charge in [0.1, 0.15) is 19.0 Å². The molecule has 0 radical (unpaired) electrons. The summed E-state index contributed by atoms with van der Waals surface area (Å²) in [4.78, 5) is 12.2. The Bertz CT molecular complexity index is 693. The largest absolute Gasteiger partial charge is 0.497 e. The molecule has 0 N–H and O–H groups in total. The molecule has 5 nitrogen and oxygen atoms in total. The van der Waals surface area contributed by atoms with Crippen LogP contribution in [0.25, 0.3) is 0 Å². The summed E-state index contributed by atoms with van der Waals surface area (Å²) in [5, 5.41) is 0. The highest BCUT2D eigenvalue weighted by atomic mass is 16.6. The number of fused-ring (bicyclic) bond motifs is 1. The van der Waals surface area contributed by atoms with Gasteiger partial charge in [0.25, 0.3) is 0 Å². The van der Waals surface area contributed by atoms with E-state index in [4.69, 9.17) is 18.9 Å². The van der Waals surface area contributed by atoms with Crippen LogP contribution in [-0.2, 0) is 4.74 Å². The van der Waals surface area contributed by atoms with Gasteiger partial charge in [-0.3, -0.25) is 0 Å². The van der Waals surface area contributed by atoms with Crippen LogP contribution in [0.4, 0.5) is 0 Å². The number of methoxy groups -OCH3 is 1. The van der Waals surface area contributed by atoms with E-state index in [-0.39, 0.29) is 13.2 Å². The monoisotopic (exact) mass is 314 g/mol. The van der Waals surface area contributed by atoms with Crippen molar-refractivity contribution in [2.45, 2.75) is 13.0 Å². The molecule has 2 aromatic carbocycles. The summed E-state index contributed by atoms with van der Waals surface area (Å²) < 4.78 is 21.9. The molecule has 23 heavy (non-hydrogen) atoms. The molecule has 5 heteroatoms. The lowest BCUT2D eigenvalue weighted by Gasteiger charge is -2.14. The summed E-state index contributed by atoms with van der Waals surface area (Å²) in [7, 11) is 1.58. The number of esters is 1. The van der Waals surface area contributed by atoms with Crippen LogP contribution in [0.1, 0.15) is 15.9 Å². The van der Waals surface area contributed by atoms with E-state index in [2.05, 4.69) is 0 Å². The molecule has 1 heterocycles. The van der Waals surface area contributed by atoms with Gasteiger partial charge in [-0.1, -0.05) is 6.07 Å². The maximum absolute atomic E-state index is 12.2. The molecule has 0 aromatic heterocycles. The second kappa shape index (κ2) is 6.60. The predicted molar refractivity (Wildman–Crippen MR) is 84.4 cm³/mol. The number of ether oxygens (including phenoxy) is 4. The first-order valence-corrected chi connectivity index (χ1v) is 7.37. The van der Waals surface area contributed by atoms with Crippen LogP contribution < -0.4 is 14.2 Å². The fourth-order valence-electron chi connectivity index (χ4n) is 2.28. The van der Waals surface area contributed by atoms with Gasteiger partial charge in [-0.2, -0.15) is 0 Å². The minimum Gasteiger partial charge on any atom is -0.497 e. The molecule has 1 aliphatic heterocycles. The Morgan fingerprint density at radius 1 is 1.04 bits per heavy atom. The molecule has 0 saturated carbocycles. The lowest BCUT2D eigenvalue weighted by molar-refractivity contribution is 0.00855. The maximum Gasteiger partial charge on any atom is 0.338 e. The molecule has 0 aliphatic carbocycles. The number of aryl methyl sites for hydroxylation is 1. The quantitative estimate of drug-likeness (QED) is 0.815. The van der Waals surface area contributed by atoms with Crippen LogP contribution in [0.5, 0.6) is 17.2 Å². The Morgan fingerprint density at radius 2 is 1.74 bits per heavy atom. The van der Waals surface area contributed by atoms with Gasteiger partial charge < -0.3 is 18.9 Å². The number of carbonyl (C=O) groups excluding carboxylic acids is 1. The molecule has 3 rings (SSSR count). The van der Waals surface area contributed by atoms with Crippen LogP contribution in [0.15, 0.2) is 42.5 Å². The van der Waals surface area contributed by atoms with Crippen molar-refractivity contribution in [2.24, 2.45) is 0 Å². The third-order valence-corrected chi connectivity index (χ3v) is 3.55. The van der Waals surface area contributed by atoms with Gasteiger partial charge >= 0.3 is 5.97 Å². The number of hydrogen-bond donors (Lipinski definition) is 0. The lowest BCUT2D eigenvalue weighted by Crippen LogP contribution is -2.29. The van der Waals surface area contributed by atoms with E-state index in [1.807, 2.05) is 25.1 Å². The summed E-state index contributed by atoms with van der Waals surface area (Å²) in [5.74, 6) is 1.62. The molecule has 0 amide bonds. The minimum absolute atomic E-state index is 0.262.